The maximum atomic E-state index is 12.9. The number of carbonyl (C=O) groups excluding carboxylic acids is 2. The van der Waals surface area contributed by atoms with Gasteiger partial charge in [0.1, 0.15) is 5.69 Å². The molecular formula is C34H29ClN8O2S. The van der Waals surface area contributed by atoms with Gasteiger partial charge in [-0.15, -0.1) is 11.3 Å². The van der Waals surface area contributed by atoms with Crippen molar-refractivity contribution >= 4 is 62.7 Å². The van der Waals surface area contributed by atoms with E-state index in [0.29, 0.717) is 27.9 Å². The summed E-state index contributed by atoms with van der Waals surface area (Å²) in [4.78, 5) is 43.9. The van der Waals surface area contributed by atoms with Crippen LogP contribution in [0.1, 0.15) is 17.3 Å². The molecule has 0 unspecified atom stereocenters. The molecule has 12 heteroatoms. The lowest BCUT2D eigenvalue weighted by molar-refractivity contribution is -0.129. The number of piperazine rings is 1. The molecular weight excluding hydrogens is 620 g/mol. The molecule has 0 atom stereocenters. The number of benzene rings is 3. The Morgan fingerprint density at radius 3 is 2.48 bits per heavy atom. The van der Waals surface area contributed by atoms with Crippen LogP contribution in [0.25, 0.3) is 27.6 Å². The zero-order valence-corrected chi connectivity index (χ0v) is 26.4. The van der Waals surface area contributed by atoms with Gasteiger partial charge >= 0.3 is 0 Å². The van der Waals surface area contributed by atoms with Crippen molar-refractivity contribution in [1.82, 2.24) is 24.3 Å². The molecule has 1 saturated heterocycles. The summed E-state index contributed by atoms with van der Waals surface area (Å²) in [5.41, 5.74) is 6.08. The number of imidazole rings is 1. The van der Waals surface area contributed by atoms with Crippen LogP contribution in [0.5, 0.6) is 0 Å². The smallest absolute Gasteiger partial charge is 0.257 e. The Labute approximate surface area is 274 Å². The molecule has 230 valence electrons. The predicted molar refractivity (Wildman–Crippen MR) is 183 cm³/mol. The number of nitrogens with one attached hydrogen (secondary N) is 2. The van der Waals surface area contributed by atoms with E-state index in [1.807, 2.05) is 63.3 Å². The van der Waals surface area contributed by atoms with Gasteiger partial charge in [-0.2, -0.15) is 0 Å². The molecule has 7 rings (SSSR count). The quantitative estimate of drug-likeness (QED) is 0.195. The maximum absolute atomic E-state index is 12.9. The number of aromatic nitrogens is 4. The first-order valence-corrected chi connectivity index (χ1v) is 16.0. The van der Waals surface area contributed by atoms with Crippen LogP contribution in [-0.2, 0) is 4.79 Å². The Bertz CT molecular complexity index is 2050. The second kappa shape index (κ2) is 12.6. The molecule has 10 nitrogen and oxygen atoms in total. The fourth-order valence-corrected chi connectivity index (χ4v) is 6.47. The van der Waals surface area contributed by atoms with E-state index in [2.05, 4.69) is 32.7 Å². The molecule has 3 aromatic carbocycles. The van der Waals surface area contributed by atoms with Gasteiger partial charge in [-0.3, -0.25) is 14.0 Å². The first-order chi connectivity index (χ1) is 22.4. The lowest BCUT2D eigenvalue weighted by Gasteiger charge is -2.35. The predicted octanol–water partition coefficient (Wildman–Crippen LogP) is 6.84. The summed E-state index contributed by atoms with van der Waals surface area (Å²) in [5, 5.41) is 8.66. The van der Waals surface area contributed by atoms with Gasteiger partial charge < -0.3 is 20.4 Å². The van der Waals surface area contributed by atoms with E-state index in [1.165, 1.54) is 11.3 Å². The molecule has 3 aromatic heterocycles. The molecule has 6 aromatic rings. The van der Waals surface area contributed by atoms with Gasteiger partial charge in [0.2, 0.25) is 11.9 Å². The summed E-state index contributed by atoms with van der Waals surface area (Å²) in [6.07, 6.45) is 3.70. The summed E-state index contributed by atoms with van der Waals surface area (Å²) >= 11 is 7.78. The largest absolute Gasteiger partial charge is 0.368 e. The minimum absolute atomic E-state index is 0.121. The van der Waals surface area contributed by atoms with Crippen LogP contribution in [0.4, 0.5) is 23.0 Å². The second-order valence-corrected chi connectivity index (χ2v) is 12.1. The van der Waals surface area contributed by atoms with Gasteiger partial charge in [-0.1, -0.05) is 35.9 Å². The second-order valence-electron chi connectivity index (χ2n) is 10.8. The number of hydrogen-bond donors (Lipinski definition) is 2. The van der Waals surface area contributed by atoms with E-state index >= 15 is 0 Å². The molecule has 1 aliphatic heterocycles. The van der Waals surface area contributed by atoms with E-state index in [1.54, 1.807) is 37.4 Å². The lowest BCUT2D eigenvalue weighted by atomic mass is 10.1. The first kappa shape index (κ1) is 29.5. The highest BCUT2D eigenvalue weighted by Gasteiger charge is 2.21. The normalized spacial score (nSPS) is 13.2. The van der Waals surface area contributed by atoms with Gasteiger partial charge in [0.05, 0.1) is 22.0 Å². The summed E-state index contributed by atoms with van der Waals surface area (Å²) < 4.78 is 2.02. The van der Waals surface area contributed by atoms with Gasteiger partial charge in [0.25, 0.3) is 5.91 Å². The van der Waals surface area contributed by atoms with Crippen molar-refractivity contribution < 1.29 is 9.59 Å². The molecule has 0 bridgehead atoms. The Morgan fingerprint density at radius 2 is 1.70 bits per heavy atom. The van der Waals surface area contributed by atoms with E-state index in [9.17, 15) is 9.59 Å². The summed E-state index contributed by atoms with van der Waals surface area (Å²) in [7, 11) is 0. The van der Waals surface area contributed by atoms with Crippen molar-refractivity contribution in [1.29, 1.82) is 0 Å². The van der Waals surface area contributed by atoms with Crippen molar-refractivity contribution in [2.45, 2.75) is 6.92 Å². The average Bonchev–Trinajstić information content (AvgIpc) is 3.68. The summed E-state index contributed by atoms with van der Waals surface area (Å²) in [5.74, 6) is 0.289. The number of fused-ring (bicyclic) bond motifs is 1. The van der Waals surface area contributed by atoms with Gasteiger partial charge in [0, 0.05) is 73.5 Å². The van der Waals surface area contributed by atoms with Crippen LogP contribution in [0.2, 0.25) is 5.02 Å². The van der Waals surface area contributed by atoms with Crippen LogP contribution in [0.3, 0.4) is 0 Å². The van der Waals surface area contributed by atoms with Gasteiger partial charge in [0.15, 0.2) is 4.96 Å². The Balaban J connectivity index is 1.13. The van der Waals surface area contributed by atoms with Crippen molar-refractivity contribution in [3.63, 3.8) is 0 Å². The molecule has 1 fully saturated rings. The monoisotopic (exact) mass is 648 g/mol. The van der Waals surface area contributed by atoms with Crippen molar-refractivity contribution in [3.8, 4) is 22.6 Å². The molecule has 0 radical (unpaired) electrons. The molecule has 2 amide bonds. The number of amides is 2. The molecule has 0 spiro atoms. The molecule has 46 heavy (non-hydrogen) atoms. The van der Waals surface area contributed by atoms with Crippen LogP contribution >= 0.6 is 22.9 Å². The minimum Gasteiger partial charge on any atom is -0.368 e. The Morgan fingerprint density at radius 1 is 0.891 bits per heavy atom. The fourth-order valence-electron chi connectivity index (χ4n) is 5.53. The lowest BCUT2D eigenvalue weighted by Crippen LogP contribution is -2.48. The van der Waals surface area contributed by atoms with Crippen LogP contribution in [0.15, 0.2) is 96.6 Å². The summed E-state index contributed by atoms with van der Waals surface area (Å²) in [6, 6.07) is 24.5. The van der Waals surface area contributed by atoms with Crippen molar-refractivity contribution in [3.05, 3.63) is 107 Å². The number of rotatable bonds is 7. The zero-order valence-electron chi connectivity index (χ0n) is 24.9. The minimum atomic E-state index is -0.288. The van der Waals surface area contributed by atoms with Crippen LogP contribution in [-0.4, -0.2) is 62.2 Å². The number of nitrogens with zero attached hydrogens (tertiary/aromatic N) is 6. The number of halogens is 1. The third-order valence-corrected chi connectivity index (χ3v) is 8.97. The number of hydrogen-bond acceptors (Lipinski definition) is 8. The highest BCUT2D eigenvalue weighted by atomic mass is 35.5. The third kappa shape index (κ3) is 6.02. The molecule has 4 heterocycles. The zero-order chi connectivity index (χ0) is 31.6. The number of anilines is 4. The topological polar surface area (TPSA) is 108 Å². The average molecular weight is 649 g/mol. The molecule has 0 saturated carbocycles. The van der Waals surface area contributed by atoms with E-state index in [0.717, 1.165) is 59.5 Å². The van der Waals surface area contributed by atoms with Crippen molar-refractivity contribution in [2.24, 2.45) is 0 Å². The highest BCUT2D eigenvalue weighted by Crippen LogP contribution is 2.35. The SMILES string of the molecule is CC(=O)N1CCN(c2ccc(Nc3nccc(-c4c(-c5cccc(NC(=O)c6ccccc6Cl)c5)nc5sccn45)n3)cc2)CC1. The van der Waals surface area contributed by atoms with Crippen LogP contribution in [0, 0.1) is 0 Å². The molecule has 2 N–H and O–H groups in total. The molecule has 1 aliphatic rings. The summed E-state index contributed by atoms with van der Waals surface area (Å²) in [6.45, 7) is 4.68. The fraction of sp³-hybridized carbons (Fsp3) is 0.147. The van der Waals surface area contributed by atoms with Gasteiger partial charge in [-0.25, -0.2) is 15.0 Å². The van der Waals surface area contributed by atoms with Crippen molar-refractivity contribution in [2.75, 3.05) is 41.7 Å². The van der Waals surface area contributed by atoms with Gasteiger partial charge in [-0.05, 0) is 54.6 Å². The number of thiazole rings is 1. The van der Waals surface area contributed by atoms with E-state index in [4.69, 9.17) is 21.6 Å². The number of carbonyl (C=O) groups is 2. The maximum Gasteiger partial charge on any atom is 0.257 e. The Kier molecular flexibility index (Phi) is 8.08. The highest BCUT2D eigenvalue weighted by molar-refractivity contribution is 7.15. The Hall–Kier alpha value is -5.26. The molecule has 0 aliphatic carbocycles. The van der Waals surface area contributed by atoms with E-state index in [-0.39, 0.29) is 11.8 Å². The first-order valence-electron chi connectivity index (χ1n) is 14.8. The van der Waals surface area contributed by atoms with E-state index < -0.39 is 0 Å². The third-order valence-electron chi connectivity index (χ3n) is 7.89. The standard InChI is InChI=1S/C34H29ClN8O2S/c1-22(44)41-15-17-42(18-16-41)26-11-9-24(10-12-26)38-33-36-14-13-29(39-33)31-30(40-34-43(31)19-20-46-34)23-5-4-6-25(21-23)37-32(45)27-7-2-3-8-28(27)35/h2-14,19-21H,15-18H2,1H3,(H,37,45)(H,36,38,39). The van der Waals surface area contributed by atoms with Crippen LogP contribution < -0.4 is 15.5 Å².